The molecule has 0 amide bonds. The summed E-state index contributed by atoms with van der Waals surface area (Å²) in [6.45, 7) is 4.93. The smallest absolute Gasteiger partial charge is 0.323 e. The molecule has 0 atom stereocenters. The van der Waals surface area contributed by atoms with Crippen molar-refractivity contribution in [2.75, 3.05) is 24.0 Å². The molecule has 1 aromatic heterocycles. The largest absolute Gasteiger partial charge is 0.463 e. The van der Waals surface area contributed by atoms with Gasteiger partial charge in [-0.1, -0.05) is 13.8 Å². The zero-order valence-corrected chi connectivity index (χ0v) is 13.2. The lowest BCUT2D eigenvalue weighted by Crippen LogP contribution is -2.36. The highest BCUT2D eigenvalue weighted by Gasteiger charge is 2.24. The molecule has 1 saturated carbocycles. The van der Waals surface area contributed by atoms with E-state index in [0.29, 0.717) is 30.6 Å². The van der Waals surface area contributed by atoms with Gasteiger partial charge >= 0.3 is 6.01 Å². The molecule has 1 aromatic rings. The van der Waals surface area contributed by atoms with E-state index in [2.05, 4.69) is 32.2 Å². The number of anilines is 2. The maximum atomic E-state index is 5.51. The number of rotatable bonds is 6. The Labute approximate surface area is 126 Å². The lowest BCUT2D eigenvalue weighted by molar-refractivity contribution is 0.290. The molecule has 0 aliphatic heterocycles. The van der Waals surface area contributed by atoms with Gasteiger partial charge in [-0.25, -0.2) is 5.84 Å². The zero-order valence-electron chi connectivity index (χ0n) is 13.2. The third kappa shape index (κ3) is 4.17. The van der Waals surface area contributed by atoms with Crippen LogP contribution < -0.4 is 20.9 Å². The fourth-order valence-corrected chi connectivity index (χ4v) is 2.62. The molecule has 0 unspecified atom stereocenters. The molecule has 2 rings (SSSR count). The summed E-state index contributed by atoms with van der Waals surface area (Å²) in [5, 5.41) is 0. The van der Waals surface area contributed by atoms with Gasteiger partial charge in [-0.15, -0.1) is 0 Å². The minimum absolute atomic E-state index is 0.325. The van der Waals surface area contributed by atoms with Crippen LogP contribution in [0.5, 0.6) is 6.01 Å². The first kappa shape index (κ1) is 15.8. The van der Waals surface area contributed by atoms with Crippen LogP contribution >= 0.6 is 0 Å². The normalized spacial score (nSPS) is 21.9. The second kappa shape index (κ2) is 7.40. The quantitative estimate of drug-likeness (QED) is 0.612. The first-order valence-corrected chi connectivity index (χ1v) is 7.72. The molecular weight excluding hydrogens is 268 g/mol. The average Bonchev–Trinajstić information content (AvgIpc) is 2.52. The van der Waals surface area contributed by atoms with Gasteiger partial charge in [0.15, 0.2) is 0 Å². The molecule has 1 aliphatic rings. The molecule has 0 bridgehead atoms. The number of hydrazine groups is 1. The molecule has 0 spiro atoms. The summed E-state index contributed by atoms with van der Waals surface area (Å²) in [5.74, 6) is 7.20. The van der Waals surface area contributed by atoms with Crippen LogP contribution in [0.1, 0.15) is 46.0 Å². The van der Waals surface area contributed by atoms with Gasteiger partial charge in [-0.2, -0.15) is 15.0 Å². The number of nitrogen functional groups attached to an aromatic ring is 1. The fourth-order valence-electron chi connectivity index (χ4n) is 2.62. The SMILES string of the molecule is CCCOc1nc(NN)nc(N(C)C2CCC(C)CC2)n1. The number of hydrogen-bond donors (Lipinski definition) is 2. The first-order chi connectivity index (χ1) is 10.1. The summed E-state index contributed by atoms with van der Waals surface area (Å²) in [5.41, 5.74) is 2.48. The van der Waals surface area contributed by atoms with Gasteiger partial charge in [0.1, 0.15) is 0 Å². The van der Waals surface area contributed by atoms with Crippen LogP contribution in [0.15, 0.2) is 0 Å². The predicted molar refractivity (Wildman–Crippen MR) is 83.2 cm³/mol. The van der Waals surface area contributed by atoms with Crippen LogP contribution in [0.25, 0.3) is 0 Å². The van der Waals surface area contributed by atoms with Crippen molar-refractivity contribution in [1.29, 1.82) is 0 Å². The Hall–Kier alpha value is -1.63. The summed E-state index contributed by atoms with van der Waals surface area (Å²) in [7, 11) is 2.03. The Morgan fingerprint density at radius 2 is 1.95 bits per heavy atom. The Balaban J connectivity index is 2.13. The van der Waals surface area contributed by atoms with Crippen molar-refractivity contribution < 1.29 is 4.74 Å². The van der Waals surface area contributed by atoms with Crippen LogP contribution in [0.3, 0.4) is 0 Å². The van der Waals surface area contributed by atoms with E-state index in [0.717, 1.165) is 12.3 Å². The van der Waals surface area contributed by atoms with E-state index in [9.17, 15) is 0 Å². The number of nitrogens with one attached hydrogen (secondary N) is 1. The second-order valence-electron chi connectivity index (χ2n) is 5.76. The molecule has 1 fully saturated rings. The Morgan fingerprint density at radius 1 is 1.24 bits per heavy atom. The lowest BCUT2D eigenvalue weighted by Gasteiger charge is -2.33. The summed E-state index contributed by atoms with van der Waals surface area (Å²) >= 11 is 0. The van der Waals surface area contributed by atoms with Gasteiger partial charge in [0, 0.05) is 13.1 Å². The minimum atomic E-state index is 0.325. The fraction of sp³-hybridized carbons (Fsp3) is 0.786. The van der Waals surface area contributed by atoms with E-state index < -0.39 is 0 Å². The number of ether oxygens (including phenoxy) is 1. The van der Waals surface area contributed by atoms with Crippen molar-refractivity contribution in [3.8, 4) is 6.01 Å². The first-order valence-electron chi connectivity index (χ1n) is 7.72. The van der Waals surface area contributed by atoms with Gasteiger partial charge in [0.25, 0.3) is 0 Å². The number of aromatic nitrogens is 3. The molecule has 118 valence electrons. The zero-order chi connectivity index (χ0) is 15.2. The van der Waals surface area contributed by atoms with Gasteiger partial charge in [-0.05, 0) is 38.0 Å². The third-order valence-electron chi connectivity index (χ3n) is 4.02. The topological polar surface area (TPSA) is 89.2 Å². The Bertz CT molecular complexity index is 447. The number of nitrogens with zero attached hydrogens (tertiary/aromatic N) is 4. The molecular formula is C14H26N6O. The maximum absolute atomic E-state index is 5.51. The highest BCUT2D eigenvalue weighted by atomic mass is 16.5. The summed E-state index contributed by atoms with van der Waals surface area (Å²) in [4.78, 5) is 15.0. The van der Waals surface area contributed by atoms with Crippen molar-refractivity contribution >= 4 is 11.9 Å². The molecule has 1 heterocycles. The van der Waals surface area contributed by atoms with Crippen LogP contribution in [0, 0.1) is 5.92 Å². The van der Waals surface area contributed by atoms with Gasteiger partial charge in [-0.3, -0.25) is 5.43 Å². The Morgan fingerprint density at radius 3 is 2.57 bits per heavy atom. The minimum Gasteiger partial charge on any atom is -0.463 e. The highest BCUT2D eigenvalue weighted by Crippen LogP contribution is 2.28. The van der Waals surface area contributed by atoms with Crippen molar-refractivity contribution in [2.24, 2.45) is 11.8 Å². The van der Waals surface area contributed by atoms with Crippen molar-refractivity contribution in [3.05, 3.63) is 0 Å². The lowest BCUT2D eigenvalue weighted by atomic mass is 9.87. The Kier molecular flexibility index (Phi) is 5.55. The van der Waals surface area contributed by atoms with Gasteiger partial charge in [0.05, 0.1) is 6.61 Å². The van der Waals surface area contributed by atoms with Gasteiger partial charge < -0.3 is 9.64 Å². The van der Waals surface area contributed by atoms with Crippen molar-refractivity contribution in [1.82, 2.24) is 15.0 Å². The molecule has 3 N–H and O–H groups in total. The van der Waals surface area contributed by atoms with E-state index in [1.165, 1.54) is 25.7 Å². The van der Waals surface area contributed by atoms with E-state index in [1.54, 1.807) is 0 Å². The molecule has 0 radical (unpaired) electrons. The molecule has 0 saturated heterocycles. The van der Waals surface area contributed by atoms with Crippen molar-refractivity contribution in [3.63, 3.8) is 0 Å². The van der Waals surface area contributed by atoms with E-state index in [1.807, 2.05) is 14.0 Å². The molecule has 7 nitrogen and oxygen atoms in total. The summed E-state index contributed by atoms with van der Waals surface area (Å²) in [6, 6.07) is 0.791. The monoisotopic (exact) mass is 294 g/mol. The van der Waals surface area contributed by atoms with Crippen molar-refractivity contribution in [2.45, 2.75) is 52.0 Å². The van der Waals surface area contributed by atoms with Crippen LogP contribution in [-0.4, -0.2) is 34.6 Å². The average molecular weight is 294 g/mol. The van der Waals surface area contributed by atoms with Gasteiger partial charge in [0.2, 0.25) is 11.9 Å². The molecule has 1 aliphatic carbocycles. The van der Waals surface area contributed by atoms with Crippen LogP contribution in [0.4, 0.5) is 11.9 Å². The number of hydrogen-bond acceptors (Lipinski definition) is 7. The predicted octanol–water partition coefficient (Wildman–Crippen LogP) is 1.96. The highest BCUT2D eigenvalue weighted by molar-refractivity contribution is 5.38. The van der Waals surface area contributed by atoms with Crippen LogP contribution in [0.2, 0.25) is 0 Å². The molecule has 21 heavy (non-hydrogen) atoms. The summed E-state index contributed by atoms with van der Waals surface area (Å²) in [6.07, 6.45) is 5.74. The second-order valence-corrected chi connectivity index (χ2v) is 5.76. The molecule has 0 aromatic carbocycles. The van der Waals surface area contributed by atoms with E-state index in [4.69, 9.17) is 10.6 Å². The number of nitrogens with two attached hydrogens (primary N) is 1. The standard InChI is InChI=1S/C14H26N6O/c1-4-9-21-14-17-12(19-15)16-13(18-14)20(3)11-7-5-10(2)6-8-11/h10-11H,4-9,15H2,1-3H3,(H,16,17,18,19). The van der Waals surface area contributed by atoms with E-state index >= 15 is 0 Å². The maximum Gasteiger partial charge on any atom is 0.323 e. The van der Waals surface area contributed by atoms with Crippen LogP contribution in [-0.2, 0) is 0 Å². The van der Waals surface area contributed by atoms with E-state index in [-0.39, 0.29) is 0 Å². The summed E-state index contributed by atoms with van der Waals surface area (Å²) < 4.78 is 5.51. The third-order valence-corrected chi connectivity index (χ3v) is 4.02. The molecule has 7 heteroatoms.